The zero-order chi connectivity index (χ0) is 22.3. The first-order valence-corrected chi connectivity index (χ1v) is 10.5. The third-order valence-corrected chi connectivity index (χ3v) is 5.61. The predicted octanol–water partition coefficient (Wildman–Crippen LogP) is 3.97. The molecule has 1 aliphatic rings. The summed E-state index contributed by atoms with van der Waals surface area (Å²) in [5.41, 5.74) is 0.995. The van der Waals surface area contributed by atoms with Crippen LogP contribution in [0.1, 0.15) is 44.6 Å². The monoisotopic (exact) mass is 442 g/mol. The van der Waals surface area contributed by atoms with Crippen LogP contribution in [0.25, 0.3) is 10.9 Å². The number of rotatable bonds is 5. The molecule has 1 aliphatic heterocycles. The molecule has 0 aliphatic carbocycles. The highest BCUT2D eigenvalue weighted by atomic mass is 35.5. The van der Waals surface area contributed by atoms with Gasteiger partial charge >= 0.3 is 6.09 Å². The van der Waals surface area contributed by atoms with Gasteiger partial charge in [0.1, 0.15) is 11.9 Å². The number of ether oxygens (including phenoxy) is 1. The van der Waals surface area contributed by atoms with E-state index in [-0.39, 0.29) is 29.6 Å². The van der Waals surface area contributed by atoms with Crippen LogP contribution in [-0.4, -0.2) is 38.2 Å². The summed E-state index contributed by atoms with van der Waals surface area (Å²) in [6.45, 7) is 7.38. The number of nitrogens with one attached hydrogen (secondary N) is 2. The van der Waals surface area contributed by atoms with E-state index >= 15 is 0 Å². The number of aromatic amines is 1. The number of benzene rings is 1. The van der Waals surface area contributed by atoms with E-state index < -0.39 is 12.1 Å². The van der Waals surface area contributed by atoms with Crippen LogP contribution in [0.2, 0.25) is 5.02 Å². The zero-order valence-electron chi connectivity index (χ0n) is 17.6. The van der Waals surface area contributed by atoms with Crippen molar-refractivity contribution in [3.8, 4) is 0 Å². The number of hydrogen-bond donors (Lipinski definition) is 2. The van der Waals surface area contributed by atoms with Crippen molar-refractivity contribution in [1.82, 2.24) is 19.9 Å². The fourth-order valence-corrected chi connectivity index (χ4v) is 3.99. The molecule has 1 aromatic carbocycles. The Morgan fingerprint density at radius 2 is 2.03 bits per heavy atom. The SMILES string of the molecule is CC[C@H]1[C@@H](C)OC(=O)N1c1nc(C)nc(N[C@@H](C)c2cc3cc(Cl)ccc3[nH]c2=O)n1. The Balaban J connectivity index is 1.66. The van der Waals surface area contributed by atoms with E-state index in [1.54, 1.807) is 31.2 Å². The molecule has 3 atom stereocenters. The molecular formula is C21H23ClN6O3. The summed E-state index contributed by atoms with van der Waals surface area (Å²) in [4.78, 5) is 42.4. The van der Waals surface area contributed by atoms with Crippen molar-refractivity contribution in [2.75, 3.05) is 10.2 Å². The summed E-state index contributed by atoms with van der Waals surface area (Å²) in [5.74, 6) is 0.937. The molecule has 2 aromatic heterocycles. The lowest BCUT2D eigenvalue weighted by atomic mass is 10.1. The van der Waals surface area contributed by atoms with Gasteiger partial charge in [-0.25, -0.2) is 9.69 Å². The second-order valence-electron chi connectivity index (χ2n) is 7.59. The first kappa shape index (κ1) is 21.0. The standard InChI is InChI=1S/C21H23ClN6O3/c1-5-17-11(3)31-21(30)28(17)20-25-12(4)24-19(27-20)23-10(2)15-9-13-8-14(22)6-7-16(13)26-18(15)29/h6-11,17H,5H2,1-4H3,(H,26,29)(H,23,24,25,27)/t10-,11+,17-/m0/s1. The molecule has 31 heavy (non-hydrogen) atoms. The van der Waals surface area contributed by atoms with Crippen LogP contribution in [0, 0.1) is 6.92 Å². The lowest BCUT2D eigenvalue weighted by Crippen LogP contribution is -2.37. The van der Waals surface area contributed by atoms with Crippen LogP contribution >= 0.6 is 11.6 Å². The number of hydrogen-bond acceptors (Lipinski definition) is 7. The van der Waals surface area contributed by atoms with Gasteiger partial charge in [0.25, 0.3) is 5.56 Å². The van der Waals surface area contributed by atoms with Crippen LogP contribution in [0.3, 0.4) is 0 Å². The average Bonchev–Trinajstić information content (AvgIpc) is 3.00. The number of H-pyrrole nitrogens is 1. The van der Waals surface area contributed by atoms with Crippen molar-refractivity contribution in [3.63, 3.8) is 0 Å². The highest BCUT2D eigenvalue weighted by molar-refractivity contribution is 6.31. The van der Waals surface area contributed by atoms with Gasteiger partial charge in [-0.05, 0) is 51.5 Å². The molecule has 0 bridgehead atoms. The topological polar surface area (TPSA) is 113 Å². The Bertz CT molecular complexity index is 1210. The van der Waals surface area contributed by atoms with Gasteiger partial charge in [-0.2, -0.15) is 15.0 Å². The number of fused-ring (bicyclic) bond motifs is 1. The highest BCUT2D eigenvalue weighted by Gasteiger charge is 2.40. The van der Waals surface area contributed by atoms with Crippen LogP contribution < -0.4 is 15.8 Å². The summed E-state index contributed by atoms with van der Waals surface area (Å²) >= 11 is 6.09. The summed E-state index contributed by atoms with van der Waals surface area (Å²) in [7, 11) is 0. The molecule has 0 saturated carbocycles. The molecule has 2 N–H and O–H groups in total. The number of nitrogens with zero attached hydrogens (tertiary/aromatic N) is 4. The molecule has 1 saturated heterocycles. The van der Waals surface area contributed by atoms with Crippen LogP contribution in [0.4, 0.5) is 16.7 Å². The Morgan fingerprint density at radius 3 is 2.77 bits per heavy atom. The van der Waals surface area contributed by atoms with Crippen LogP contribution in [0.15, 0.2) is 29.1 Å². The fraction of sp³-hybridized carbons (Fsp3) is 0.381. The second kappa shape index (κ2) is 8.14. The number of cyclic esters (lactones) is 1. The molecule has 1 amide bonds. The second-order valence-corrected chi connectivity index (χ2v) is 8.03. The van der Waals surface area contributed by atoms with Gasteiger partial charge in [-0.15, -0.1) is 0 Å². The molecule has 3 heterocycles. The molecule has 9 nitrogen and oxygen atoms in total. The minimum absolute atomic E-state index is 0.160. The largest absolute Gasteiger partial charge is 0.444 e. The summed E-state index contributed by atoms with van der Waals surface area (Å²) in [6, 6.07) is 6.51. The molecule has 0 radical (unpaired) electrons. The van der Waals surface area contributed by atoms with Gasteiger partial charge in [0, 0.05) is 21.5 Å². The van der Waals surface area contributed by atoms with E-state index in [9.17, 15) is 9.59 Å². The Labute approximate surface area is 183 Å². The maximum atomic E-state index is 12.6. The number of anilines is 2. The fourth-order valence-electron chi connectivity index (χ4n) is 3.81. The minimum atomic E-state index is -0.480. The first-order chi connectivity index (χ1) is 14.8. The van der Waals surface area contributed by atoms with Crippen molar-refractivity contribution in [2.24, 2.45) is 0 Å². The number of halogens is 1. The third kappa shape index (κ3) is 4.05. The quantitative estimate of drug-likeness (QED) is 0.614. The Kier molecular flexibility index (Phi) is 5.53. The summed E-state index contributed by atoms with van der Waals surface area (Å²) < 4.78 is 5.34. The predicted molar refractivity (Wildman–Crippen MR) is 119 cm³/mol. The maximum Gasteiger partial charge on any atom is 0.417 e. The maximum absolute atomic E-state index is 12.6. The average molecular weight is 443 g/mol. The Morgan fingerprint density at radius 1 is 1.26 bits per heavy atom. The van der Waals surface area contributed by atoms with Gasteiger partial charge in [-0.3, -0.25) is 4.79 Å². The van der Waals surface area contributed by atoms with Crippen LogP contribution in [-0.2, 0) is 4.74 Å². The van der Waals surface area contributed by atoms with Gasteiger partial charge in [0.2, 0.25) is 11.9 Å². The van der Waals surface area contributed by atoms with Gasteiger partial charge in [0.05, 0.1) is 12.1 Å². The first-order valence-electron chi connectivity index (χ1n) is 10.1. The van der Waals surface area contributed by atoms with Crippen molar-refractivity contribution in [2.45, 2.75) is 52.3 Å². The van der Waals surface area contributed by atoms with Gasteiger partial charge in [-0.1, -0.05) is 18.5 Å². The molecule has 0 spiro atoms. The molecule has 10 heteroatoms. The number of carbonyl (C=O) groups excluding carboxylic acids is 1. The molecule has 3 aromatic rings. The van der Waals surface area contributed by atoms with E-state index in [0.717, 1.165) is 5.39 Å². The number of aryl methyl sites for hydroxylation is 1. The van der Waals surface area contributed by atoms with Crippen LogP contribution in [0.5, 0.6) is 0 Å². The van der Waals surface area contributed by atoms with E-state index in [1.165, 1.54) is 4.90 Å². The smallest absolute Gasteiger partial charge is 0.417 e. The highest BCUT2D eigenvalue weighted by Crippen LogP contribution is 2.27. The lowest BCUT2D eigenvalue weighted by Gasteiger charge is -2.21. The van der Waals surface area contributed by atoms with E-state index in [0.29, 0.717) is 28.3 Å². The number of carbonyl (C=O) groups is 1. The van der Waals surface area contributed by atoms with E-state index in [1.807, 2.05) is 20.8 Å². The van der Waals surface area contributed by atoms with E-state index in [4.69, 9.17) is 16.3 Å². The summed E-state index contributed by atoms with van der Waals surface area (Å²) in [6.07, 6.45) is -0.0362. The van der Waals surface area contributed by atoms with Crippen molar-refractivity contribution >= 4 is 40.5 Å². The van der Waals surface area contributed by atoms with E-state index in [2.05, 4.69) is 25.3 Å². The Hall–Kier alpha value is -3.20. The molecular weight excluding hydrogens is 420 g/mol. The normalized spacial score (nSPS) is 19.5. The van der Waals surface area contributed by atoms with Crippen molar-refractivity contribution < 1.29 is 9.53 Å². The summed E-state index contributed by atoms with van der Waals surface area (Å²) in [5, 5.41) is 4.55. The number of pyridine rings is 1. The number of amides is 1. The third-order valence-electron chi connectivity index (χ3n) is 5.37. The van der Waals surface area contributed by atoms with Gasteiger partial charge in [0.15, 0.2) is 0 Å². The minimum Gasteiger partial charge on any atom is -0.444 e. The molecule has 0 unspecified atom stereocenters. The van der Waals surface area contributed by atoms with Gasteiger partial charge < -0.3 is 15.0 Å². The lowest BCUT2D eigenvalue weighted by molar-refractivity contribution is 0.141. The number of aromatic nitrogens is 4. The van der Waals surface area contributed by atoms with Crippen molar-refractivity contribution in [1.29, 1.82) is 0 Å². The molecule has 1 fully saturated rings. The van der Waals surface area contributed by atoms with Crippen molar-refractivity contribution in [3.05, 3.63) is 51.0 Å². The zero-order valence-corrected chi connectivity index (χ0v) is 18.4. The molecule has 162 valence electrons. The molecule has 4 rings (SSSR count).